The summed E-state index contributed by atoms with van der Waals surface area (Å²) in [6.07, 6.45) is 8.52. The third-order valence-corrected chi connectivity index (χ3v) is 4.30. The Kier molecular flexibility index (Phi) is 4.87. The van der Waals surface area contributed by atoms with Gasteiger partial charge in [-0.1, -0.05) is 26.7 Å². The number of furan rings is 1. The van der Waals surface area contributed by atoms with Gasteiger partial charge in [0.1, 0.15) is 5.76 Å². The summed E-state index contributed by atoms with van der Waals surface area (Å²) in [4.78, 5) is 0. The fourth-order valence-electron chi connectivity index (χ4n) is 3.33. The zero-order valence-corrected chi connectivity index (χ0v) is 12.0. The molecule has 1 fully saturated rings. The summed E-state index contributed by atoms with van der Waals surface area (Å²) in [5.41, 5.74) is 1.38. The number of hydrogen-bond donors (Lipinski definition) is 1. The highest BCUT2D eigenvalue weighted by Gasteiger charge is 2.29. The molecule has 0 spiro atoms. The molecule has 1 N–H and O–H groups in total. The van der Waals surface area contributed by atoms with Gasteiger partial charge < -0.3 is 9.73 Å². The molecule has 0 radical (unpaired) electrons. The predicted octanol–water partition coefficient (Wildman–Crippen LogP) is 4.46. The average Bonchev–Trinajstić information content (AvgIpc) is 2.77. The van der Waals surface area contributed by atoms with E-state index < -0.39 is 0 Å². The van der Waals surface area contributed by atoms with Crippen LogP contribution in [0, 0.1) is 18.8 Å². The summed E-state index contributed by atoms with van der Waals surface area (Å²) >= 11 is 0. The monoisotopic (exact) mass is 249 g/mol. The van der Waals surface area contributed by atoms with E-state index in [1.54, 1.807) is 0 Å². The summed E-state index contributed by atoms with van der Waals surface area (Å²) in [5, 5.41) is 3.74. The second kappa shape index (κ2) is 6.42. The zero-order valence-electron chi connectivity index (χ0n) is 12.0. The third kappa shape index (κ3) is 3.17. The second-order valence-corrected chi connectivity index (χ2v) is 5.90. The molecule has 102 valence electrons. The Bertz CT molecular complexity index is 358. The maximum Gasteiger partial charge on any atom is 0.105 e. The van der Waals surface area contributed by atoms with Crippen molar-refractivity contribution in [2.24, 2.45) is 11.8 Å². The van der Waals surface area contributed by atoms with E-state index in [-0.39, 0.29) is 0 Å². The van der Waals surface area contributed by atoms with Crippen LogP contribution in [0.3, 0.4) is 0 Å². The lowest BCUT2D eigenvalue weighted by molar-refractivity contribution is 0.222. The largest absolute Gasteiger partial charge is 0.469 e. The molecule has 2 rings (SSSR count). The number of nitrogens with one attached hydrogen (secondary N) is 1. The standard InChI is InChI=1S/C16H27NO/c1-4-9-17-16(15-8-10-18-13(15)3)14-7-5-6-12(2)11-14/h8,10,12,14,16-17H,4-7,9,11H2,1-3H3. The molecule has 2 heteroatoms. The Morgan fingerprint density at radius 3 is 2.89 bits per heavy atom. The van der Waals surface area contributed by atoms with Crippen molar-refractivity contribution < 1.29 is 4.42 Å². The number of aryl methyl sites for hydroxylation is 1. The number of hydrogen-bond acceptors (Lipinski definition) is 2. The summed E-state index contributed by atoms with van der Waals surface area (Å²) in [6.45, 7) is 7.81. The SMILES string of the molecule is CCCNC(c1ccoc1C)C1CCCC(C)C1. The first kappa shape index (κ1) is 13.7. The molecule has 3 atom stereocenters. The molecular weight excluding hydrogens is 222 g/mol. The fraction of sp³-hybridized carbons (Fsp3) is 0.750. The highest BCUT2D eigenvalue weighted by atomic mass is 16.3. The fourth-order valence-corrected chi connectivity index (χ4v) is 3.33. The van der Waals surface area contributed by atoms with Gasteiger partial charge in [-0.25, -0.2) is 0 Å². The maximum atomic E-state index is 5.50. The van der Waals surface area contributed by atoms with Crippen molar-refractivity contribution in [2.75, 3.05) is 6.54 Å². The van der Waals surface area contributed by atoms with E-state index in [9.17, 15) is 0 Å². The second-order valence-electron chi connectivity index (χ2n) is 5.90. The van der Waals surface area contributed by atoms with Crippen LogP contribution in [0.2, 0.25) is 0 Å². The van der Waals surface area contributed by atoms with Crippen molar-refractivity contribution in [3.63, 3.8) is 0 Å². The smallest absolute Gasteiger partial charge is 0.105 e. The van der Waals surface area contributed by atoms with Gasteiger partial charge in [-0.3, -0.25) is 0 Å². The minimum Gasteiger partial charge on any atom is -0.469 e. The molecule has 0 aromatic carbocycles. The van der Waals surface area contributed by atoms with Gasteiger partial charge in [0.2, 0.25) is 0 Å². The first-order chi connectivity index (χ1) is 8.72. The lowest BCUT2D eigenvalue weighted by atomic mass is 9.76. The van der Waals surface area contributed by atoms with Crippen molar-refractivity contribution in [3.05, 3.63) is 23.7 Å². The van der Waals surface area contributed by atoms with E-state index in [1.165, 1.54) is 37.7 Å². The summed E-state index contributed by atoms with van der Waals surface area (Å²) in [7, 11) is 0. The van der Waals surface area contributed by atoms with Crippen LogP contribution in [-0.4, -0.2) is 6.54 Å². The third-order valence-electron chi connectivity index (χ3n) is 4.30. The summed E-state index contributed by atoms with van der Waals surface area (Å²) < 4.78 is 5.50. The van der Waals surface area contributed by atoms with Crippen LogP contribution in [0.15, 0.2) is 16.7 Å². The molecular formula is C16H27NO. The Balaban J connectivity index is 2.11. The van der Waals surface area contributed by atoms with E-state index in [0.29, 0.717) is 6.04 Å². The molecule has 1 aliphatic carbocycles. The molecule has 1 aromatic heterocycles. The summed E-state index contributed by atoms with van der Waals surface area (Å²) in [5.74, 6) is 2.74. The highest BCUT2D eigenvalue weighted by Crippen LogP contribution is 2.38. The quantitative estimate of drug-likeness (QED) is 0.833. The van der Waals surface area contributed by atoms with Crippen molar-refractivity contribution in [1.82, 2.24) is 5.32 Å². The van der Waals surface area contributed by atoms with Crippen LogP contribution in [-0.2, 0) is 0 Å². The predicted molar refractivity (Wildman–Crippen MR) is 75.6 cm³/mol. The molecule has 3 unspecified atom stereocenters. The van der Waals surface area contributed by atoms with Gasteiger partial charge in [-0.15, -0.1) is 0 Å². The van der Waals surface area contributed by atoms with Crippen LogP contribution < -0.4 is 5.32 Å². The molecule has 0 bridgehead atoms. The molecule has 2 nitrogen and oxygen atoms in total. The minimum atomic E-state index is 0.492. The van der Waals surface area contributed by atoms with Crippen LogP contribution in [0.25, 0.3) is 0 Å². The van der Waals surface area contributed by atoms with Crippen molar-refractivity contribution in [1.29, 1.82) is 0 Å². The van der Waals surface area contributed by atoms with Crippen LogP contribution in [0.4, 0.5) is 0 Å². The Morgan fingerprint density at radius 1 is 1.44 bits per heavy atom. The van der Waals surface area contributed by atoms with Crippen LogP contribution in [0.1, 0.15) is 63.3 Å². The lowest BCUT2D eigenvalue weighted by Gasteiger charge is -2.34. The molecule has 1 aliphatic rings. The molecule has 0 aliphatic heterocycles. The Hall–Kier alpha value is -0.760. The van der Waals surface area contributed by atoms with Gasteiger partial charge in [0.15, 0.2) is 0 Å². The normalized spacial score (nSPS) is 26.2. The van der Waals surface area contributed by atoms with Gasteiger partial charge >= 0.3 is 0 Å². The van der Waals surface area contributed by atoms with E-state index in [0.717, 1.165) is 24.1 Å². The topological polar surface area (TPSA) is 25.2 Å². The van der Waals surface area contributed by atoms with E-state index in [4.69, 9.17) is 4.42 Å². The van der Waals surface area contributed by atoms with Crippen LogP contribution in [0.5, 0.6) is 0 Å². The van der Waals surface area contributed by atoms with Crippen molar-refractivity contribution in [2.45, 2.75) is 58.9 Å². The van der Waals surface area contributed by atoms with E-state index in [1.807, 2.05) is 6.26 Å². The molecule has 0 saturated heterocycles. The first-order valence-corrected chi connectivity index (χ1v) is 7.49. The minimum absolute atomic E-state index is 0.492. The van der Waals surface area contributed by atoms with Gasteiger partial charge in [0, 0.05) is 11.6 Å². The van der Waals surface area contributed by atoms with Crippen molar-refractivity contribution >= 4 is 0 Å². The molecule has 1 aromatic rings. The first-order valence-electron chi connectivity index (χ1n) is 7.49. The maximum absolute atomic E-state index is 5.50. The summed E-state index contributed by atoms with van der Waals surface area (Å²) in [6, 6.07) is 2.65. The van der Waals surface area contributed by atoms with Crippen LogP contribution >= 0.6 is 0 Å². The number of rotatable bonds is 5. The Morgan fingerprint density at radius 2 is 2.28 bits per heavy atom. The van der Waals surface area contributed by atoms with Crippen molar-refractivity contribution in [3.8, 4) is 0 Å². The van der Waals surface area contributed by atoms with Gasteiger partial charge in [0.25, 0.3) is 0 Å². The average molecular weight is 249 g/mol. The molecule has 0 amide bonds. The lowest BCUT2D eigenvalue weighted by Crippen LogP contribution is -2.32. The van der Waals surface area contributed by atoms with Gasteiger partial charge in [-0.2, -0.15) is 0 Å². The zero-order chi connectivity index (χ0) is 13.0. The highest BCUT2D eigenvalue weighted by molar-refractivity contribution is 5.21. The van der Waals surface area contributed by atoms with Gasteiger partial charge in [-0.05, 0) is 50.6 Å². The Labute approximate surface area is 111 Å². The molecule has 1 heterocycles. The van der Waals surface area contributed by atoms with E-state index >= 15 is 0 Å². The molecule has 1 saturated carbocycles. The molecule has 18 heavy (non-hydrogen) atoms. The van der Waals surface area contributed by atoms with E-state index in [2.05, 4.69) is 32.2 Å². The van der Waals surface area contributed by atoms with Gasteiger partial charge in [0.05, 0.1) is 6.26 Å².